The van der Waals surface area contributed by atoms with Crippen LogP contribution in [0.4, 0.5) is 5.69 Å². The van der Waals surface area contributed by atoms with Gasteiger partial charge in [0.2, 0.25) is 0 Å². The van der Waals surface area contributed by atoms with E-state index in [1.54, 1.807) is 31.2 Å². The average Bonchev–Trinajstić information content (AvgIpc) is 2.60. The summed E-state index contributed by atoms with van der Waals surface area (Å²) >= 11 is 0. The predicted octanol–water partition coefficient (Wildman–Crippen LogP) is 4.24. The van der Waals surface area contributed by atoms with Gasteiger partial charge in [-0.3, -0.25) is 9.59 Å². The zero-order chi connectivity index (χ0) is 20.0. The van der Waals surface area contributed by atoms with Gasteiger partial charge in [0.25, 0.3) is 11.8 Å². The predicted molar refractivity (Wildman–Crippen MR) is 108 cm³/mol. The molecule has 0 aliphatic heterocycles. The second kappa shape index (κ2) is 9.21. The highest BCUT2D eigenvalue weighted by Crippen LogP contribution is 2.19. The lowest BCUT2D eigenvalue weighted by atomic mass is 10.1. The van der Waals surface area contributed by atoms with E-state index < -0.39 is 6.10 Å². The number of hydrogen-bond donors (Lipinski definition) is 2. The number of hydrogen-bond acceptors (Lipinski definition) is 3. The van der Waals surface area contributed by atoms with Gasteiger partial charge in [-0.25, -0.2) is 0 Å². The molecule has 0 aliphatic rings. The molecule has 5 heteroatoms. The van der Waals surface area contributed by atoms with Crippen LogP contribution in [0.1, 0.15) is 48.7 Å². The Morgan fingerprint density at radius 2 is 1.67 bits per heavy atom. The van der Waals surface area contributed by atoms with E-state index in [2.05, 4.69) is 10.6 Å². The molecule has 0 bridgehead atoms. The van der Waals surface area contributed by atoms with Crippen molar-refractivity contribution in [3.63, 3.8) is 0 Å². The lowest BCUT2D eigenvalue weighted by molar-refractivity contribution is -0.122. The van der Waals surface area contributed by atoms with Gasteiger partial charge < -0.3 is 15.4 Å². The molecular formula is C22H28N2O3. The number of carbonyl (C=O) groups is 2. The summed E-state index contributed by atoms with van der Waals surface area (Å²) in [7, 11) is 0. The number of amides is 2. The van der Waals surface area contributed by atoms with E-state index >= 15 is 0 Å². The first-order chi connectivity index (χ1) is 12.8. The van der Waals surface area contributed by atoms with Crippen LogP contribution >= 0.6 is 0 Å². The Labute approximate surface area is 161 Å². The van der Waals surface area contributed by atoms with E-state index in [4.69, 9.17) is 4.74 Å². The number of aryl methyl sites for hydroxylation is 2. The minimum Gasteiger partial charge on any atom is -0.481 e. The minimum absolute atomic E-state index is 0.0630. The molecule has 2 N–H and O–H groups in total. The Hall–Kier alpha value is -2.82. The molecule has 2 amide bonds. The highest BCUT2D eigenvalue weighted by atomic mass is 16.5. The molecule has 27 heavy (non-hydrogen) atoms. The van der Waals surface area contributed by atoms with Crippen molar-refractivity contribution in [2.75, 3.05) is 5.32 Å². The van der Waals surface area contributed by atoms with Crippen LogP contribution in [-0.4, -0.2) is 24.0 Å². The van der Waals surface area contributed by atoms with Crippen molar-refractivity contribution in [3.05, 3.63) is 59.2 Å². The maximum Gasteiger partial charge on any atom is 0.265 e. The number of rotatable bonds is 7. The van der Waals surface area contributed by atoms with Gasteiger partial charge in [-0.1, -0.05) is 25.1 Å². The first-order valence-corrected chi connectivity index (χ1v) is 9.25. The first kappa shape index (κ1) is 20.5. The molecule has 0 spiro atoms. The van der Waals surface area contributed by atoms with Gasteiger partial charge in [0.15, 0.2) is 6.10 Å². The van der Waals surface area contributed by atoms with Crippen molar-refractivity contribution in [2.24, 2.45) is 0 Å². The van der Waals surface area contributed by atoms with Gasteiger partial charge in [-0.05, 0) is 69.5 Å². The Balaban J connectivity index is 2.09. The molecule has 2 aromatic rings. The van der Waals surface area contributed by atoms with Crippen molar-refractivity contribution < 1.29 is 14.3 Å². The van der Waals surface area contributed by atoms with Crippen molar-refractivity contribution >= 4 is 17.5 Å². The quantitative estimate of drug-likeness (QED) is 0.768. The second-order valence-electron chi connectivity index (χ2n) is 6.90. The monoisotopic (exact) mass is 368 g/mol. The smallest absolute Gasteiger partial charge is 0.265 e. The van der Waals surface area contributed by atoms with Crippen LogP contribution in [0, 0.1) is 13.8 Å². The van der Waals surface area contributed by atoms with Crippen LogP contribution in [0.3, 0.4) is 0 Å². The maximum absolute atomic E-state index is 12.6. The number of para-hydroxylation sites is 1. The molecule has 0 heterocycles. The SMILES string of the molecule is CC[C@@H](C)NC(=O)c1ccccc1NC(=O)[C@H](C)Oc1cc(C)cc(C)c1. The van der Waals surface area contributed by atoms with Crippen LogP contribution in [0.15, 0.2) is 42.5 Å². The van der Waals surface area contributed by atoms with Crippen molar-refractivity contribution in [3.8, 4) is 5.75 Å². The third kappa shape index (κ3) is 5.84. The third-order valence-corrected chi connectivity index (χ3v) is 4.30. The summed E-state index contributed by atoms with van der Waals surface area (Å²) in [4.78, 5) is 25.0. The third-order valence-electron chi connectivity index (χ3n) is 4.30. The van der Waals surface area contributed by atoms with Crippen LogP contribution in [0.5, 0.6) is 5.75 Å². The zero-order valence-corrected chi connectivity index (χ0v) is 16.6. The van der Waals surface area contributed by atoms with Crippen LogP contribution in [-0.2, 0) is 4.79 Å². The van der Waals surface area contributed by atoms with Crippen LogP contribution in [0.2, 0.25) is 0 Å². The molecule has 0 radical (unpaired) electrons. The van der Waals surface area contributed by atoms with E-state index in [9.17, 15) is 9.59 Å². The van der Waals surface area contributed by atoms with Gasteiger partial charge in [0.05, 0.1) is 11.3 Å². The topological polar surface area (TPSA) is 67.4 Å². The van der Waals surface area contributed by atoms with Crippen LogP contribution in [0.25, 0.3) is 0 Å². The molecule has 0 aromatic heterocycles. The molecule has 0 unspecified atom stereocenters. The van der Waals surface area contributed by atoms with Crippen molar-refractivity contribution in [1.82, 2.24) is 5.32 Å². The number of benzene rings is 2. The molecule has 144 valence electrons. The molecule has 0 fully saturated rings. The summed E-state index contributed by atoms with van der Waals surface area (Å²) in [5.41, 5.74) is 3.05. The van der Waals surface area contributed by atoms with E-state index in [1.165, 1.54) is 0 Å². The van der Waals surface area contributed by atoms with Gasteiger partial charge in [0, 0.05) is 6.04 Å². The van der Waals surface area contributed by atoms with Gasteiger partial charge in [-0.2, -0.15) is 0 Å². The fraction of sp³-hybridized carbons (Fsp3) is 0.364. The Bertz CT molecular complexity index is 797. The van der Waals surface area contributed by atoms with Crippen molar-refractivity contribution in [1.29, 1.82) is 0 Å². The van der Waals surface area contributed by atoms with E-state index in [0.717, 1.165) is 17.5 Å². The molecule has 2 rings (SSSR count). The standard InChI is InChI=1S/C22H28N2O3/c1-6-16(4)23-22(26)19-9-7-8-10-20(19)24-21(25)17(5)27-18-12-14(2)11-15(3)13-18/h7-13,16-17H,6H2,1-5H3,(H,23,26)(H,24,25)/t16-,17+/m1/s1. The lowest BCUT2D eigenvalue weighted by Gasteiger charge is -2.18. The summed E-state index contributed by atoms with van der Waals surface area (Å²) in [5, 5.41) is 5.73. The van der Waals surface area contributed by atoms with Gasteiger partial charge >= 0.3 is 0 Å². The van der Waals surface area contributed by atoms with Gasteiger partial charge in [-0.15, -0.1) is 0 Å². The summed E-state index contributed by atoms with van der Waals surface area (Å²) < 4.78 is 5.78. The van der Waals surface area contributed by atoms with Gasteiger partial charge in [0.1, 0.15) is 5.75 Å². The number of anilines is 1. The number of carbonyl (C=O) groups excluding carboxylic acids is 2. The Kier molecular flexibility index (Phi) is 6.99. The highest BCUT2D eigenvalue weighted by Gasteiger charge is 2.19. The number of ether oxygens (including phenoxy) is 1. The van der Waals surface area contributed by atoms with E-state index in [-0.39, 0.29) is 17.9 Å². The molecule has 0 aliphatic carbocycles. The zero-order valence-electron chi connectivity index (χ0n) is 16.6. The molecule has 0 saturated carbocycles. The average molecular weight is 368 g/mol. The highest BCUT2D eigenvalue weighted by molar-refractivity contribution is 6.04. The van der Waals surface area contributed by atoms with E-state index in [1.807, 2.05) is 45.9 Å². The second-order valence-corrected chi connectivity index (χ2v) is 6.90. The van der Waals surface area contributed by atoms with E-state index in [0.29, 0.717) is 17.0 Å². The summed E-state index contributed by atoms with van der Waals surface area (Å²) in [6.07, 6.45) is 0.137. The lowest BCUT2D eigenvalue weighted by Crippen LogP contribution is -2.34. The Morgan fingerprint density at radius 1 is 1.04 bits per heavy atom. The molecular weight excluding hydrogens is 340 g/mol. The fourth-order valence-electron chi connectivity index (χ4n) is 2.69. The largest absolute Gasteiger partial charge is 0.481 e. The normalized spacial score (nSPS) is 12.8. The summed E-state index contributed by atoms with van der Waals surface area (Å²) in [5.74, 6) is 0.138. The molecule has 0 saturated heterocycles. The fourth-order valence-corrected chi connectivity index (χ4v) is 2.69. The molecule has 2 aromatic carbocycles. The first-order valence-electron chi connectivity index (χ1n) is 9.25. The maximum atomic E-state index is 12.6. The Morgan fingerprint density at radius 3 is 2.30 bits per heavy atom. The van der Waals surface area contributed by atoms with Crippen LogP contribution < -0.4 is 15.4 Å². The summed E-state index contributed by atoms with van der Waals surface area (Å²) in [6.45, 7) is 9.60. The van der Waals surface area contributed by atoms with Crippen molar-refractivity contribution in [2.45, 2.75) is 53.2 Å². The molecule has 2 atom stereocenters. The number of nitrogens with one attached hydrogen (secondary N) is 2. The summed E-state index contributed by atoms with van der Waals surface area (Å²) in [6, 6.07) is 12.9. The molecule has 5 nitrogen and oxygen atoms in total. The minimum atomic E-state index is -0.697.